The van der Waals surface area contributed by atoms with Crippen molar-refractivity contribution in [2.24, 2.45) is 5.41 Å². The van der Waals surface area contributed by atoms with Gasteiger partial charge in [-0.15, -0.1) is 0 Å². The molecule has 4 heteroatoms. The summed E-state index contributed by atoms with van der Waals surface area (Å²) in [6.07, 6.45) is 1.37. The van der Waals surface area contributed by atoms with Gasteiger partial charge < -0.3 is 10.6 Å². The minimum absolute atomic E-state index is 0.0249. The van der Waals surface area contributed by atoms with Gasteiger partial charge in [0.2, 0.25) is 11.8 Å². The van der Waals surface area contributed by atoms with E-state index >= 15 is 0 Å². The molecule has 0 aromatic rings. The minimum atomic E-state index is -0.852. The number of likely N-dealkylation sites (N-methyl/N-ethyl adjacent to an activating group) is 1. The Morgan fingerprint density at radius 2 is 1.62 bits per heavy atom. The average molecular weight is 228 g/mol. The van der Waals surface area contributed by atoms with E-state index in [1.165, 1.54) is 0 Å². The van der Waals surface area contributed by atoms with Gasteiger partial charge >= 0.3 is 0 Å². The first-order valence-electron chi connectivity index (χ1n) is 5.68. The van der Waals surface area contributed by atoms with E-state index in [1.54, 1.807) is 20.9 Å². The van der Waals surface area contributed by atoms with Crippen LogP contribution in [-0.2, 0) is 9.59 Å². The maximum atomic E-state index is 11.8. The van der Waals surface area contributed by atoms with Crippen LogP contribution in [0.1, 0.15) is 47.5 Å². The first-order chi connectivity index (χ1) is 7.14. The molecule has 0 rings (SSSR count). The second kappa shape index (κ2) is 5.32. The van der Waals surface area contributed by atoms with Gasteiger partial charge in [-0.05, 0) is 19.3 Å². The summed E-state index contributed by atoms with van der Waals surface area (Å²) in [4.78, 5) is 23.2. The van der Waals surface area contributed by atoms with E-state index < -0.39 is 5.54 Å². The van der Waals surface area contributed by atoms with Crippen molar-refractivity contribution >= 4 is 11.8 Å². The molecule has 0 radical (unpaired) electrons. The van der Waals surface area contributed by atoms with Crippen molar-refractivity contribution in [3.63, 3.8) is 0 Å². The van der Waals surface area contributed by atoms with Crippen molar-refractivity contribution in [1.29, 1.82) is 0 Å². The zero-order valence-corrected chi connectivity index (χ0v) is 11.2. The van der Waals surface area contributed by atoms with Crippen LogP contribution in [0.5, 0.6) is 0 Å². The van der Waals surface area contributed by atoms with Crippen molar-refractivity contribution in [2.45, 2.75) is 53.0 Å². The predicted molar refractivity (Wildman–Crippen MR) is 65.0 cm³/mol. The van der Waals surface area contributed by atoms with E-state index in [9.17, 15) is 9.59 Å². The third-order valence-corrected chi connectivity index (χ3v) is 2.84. The van der Waals surface area contributed by atoms with Crippen LogP contribution in [0, 0.1) is 5.41 Å². The zero-order chi connectivity index (χ0) is 13.0. The van der Waals surface area contributed by atoms with Crippen LogP contribution < -0.4 is 10.6 Å². The molecule has 2 N–H and O–H groups in total. The zero-order valence-electron chi connectivity index (χ0n) is 11.2. The highest BCUT2D eigenvalue weighted by molar-refractivity contribution is 5.90. The summed E-state index contributed by atoms with van der Waals surface area (Å²) in [6.45, 7) is 9.53. The van der Waals surface area contributed by atoms with E-state index in [-0.39, 0.29) is 17.2 Å². The fourth-order valence-electron chi connectivity index (χ4n) is 1.32. The molecular formula is C12H24N2O2. The summed E-state index contributed by atoms with van der Waals surface area (Å²) in [5, 5.41) is 5.28. The van der Waals surface area contributed by atoms with Crippen LogP contribution in [0.4, 0.5) is 0 Å². The van der Waals surface area contributed by atoms with Crippen molar-refractivity contribution in [1.82, 2.24) is 10.6 Å². The Bertz CT molecular complexity index is 270. The van der Waals surface area contributed by atoms with Gasteiger partial charge in [0, 0.05) is 13.5 Å². The smallest absolute Gasteiger partial charge is 0.244 e. The standard InChI is InChI=1S/C12H24N2O2/c1-7-11(2,3)8-9(15)14-12(4,5)10(16)13-6/h7-8H2,1-6H3,(H,13,16)(H,14,15). The predicted octanol–water partition coefficient (Wildman–Crippen LogP) is 1.45. The molecule has 0 unspecified atom stereocenters. The molecule has 0 saturated carbocycles. The fourth-order valence-corrected chi connectivity index (χ4v) is 1.32. The van der Waals surface area contributed by atoms with Gasteiger partial charge in [0.25, 0.3) is 0 Å². The highest BCUT2D eigenvalue weighted by Crippen LogP contribution is 2.24. The van der Waals surface area contributed by atoms with Gasteiger partial charge in [-0.3, -0.25) is 9.59 Å². The molecule has 0 aliphatic heterocycles. The van der Waals surface area contributed by atoms with Crippen LogP contribution in [0.2, 0.25) is 0 Å². The first kappa shape index (κ1) is 14.9. The van der Waals surface area contributed by atoms with Crippen molar-refractivity contribution in [3.8, 4) is 0 Å². The first-order valence-corrected chi connectivity index (χ1v) is 5.68. The molecule has 0 aliphatic rings. The molecule has 0 aromatic carbocycles. The maximum absolute atomic E-state index is 11.8. The summed E-state index contributed by atoms with van der Waals surface area (Å²) < 4.78 is 0. The molecule has 2 amide bonds. The summed E-state index contributed by atoms with van der Waals surface area (Å²) >= 11 is 0. The largest absolute Gasteiger partial charge is 0.357 e. The molecule has 16 heavy (non-hydrogen) atoms. The molecule has 0 saturated heterocycles. The van der Waals surface area contributed by atoms with Gasteiger partial charge in [0.05, 0.1) is 0 Å². The summed E-state index contributed by atoms with van der Waals surface area (Å²) in [5.41, 5.74) is -0.876. The van der Waals surface area contributed by atoms with Gasteiger partial charge in [-0.2, -0.15) is 0 Å². The van der Waals surface area contributed by atoms with Crippen LogP contribution in [0.15, 0.2) is 0 Å². The summed E-state index contributed by atoms with van der Waals surface area (Å²) in [7, 11) is 1.56. The number of rotatable bonds is 5. The maximum Gasteiger partial charge on any atom is 0.244 e. The van der Waals surface area contributed by atoms with Gasteiger partial charge in [-0.25, -0.2) is 0 Å². The monoisotopic (exact) mass is 228 g/mol. The molecule has 0 atom stereocenters. The Morgan fingerprint density at radius 1 is 1.12 bits per heavy atom. The minimum Gasteiger partial charge on any atom is -0.357 e. The molecule has 0 heterocycles. The van der Waals surface area contributed by atoms with Crippen molar-refractivity contribution < 1.29 is 9.59 Å². The Morgan fingerprint density at radius 3 is 2.00 bits per heavy atom. The highest BCUT2D eigenvalue weighted by Gasteiger charge is 2.30. The molecule has 94 valence electrons. The van der Waals surface area contributed by atoms with E-state index in [2.05, 4.69) is 17.6 Å². The molecular weight excluding hydrogens is 204 g/mol. The van der Waals surface area contributed by atoms with E-state index in [1.807, 2.05) is 13.8 Å². The third-order valence-electron chi connectivity index (χ3n) is 2.84. The summed E-state index contributed by atoms with van der Waals surface area (Å²) in [6, 6.07) is 0. The molecule has 0 aliphatic carbocycles. The van der Waals surface area contributed by atoms with Gasteiger partial charge in [0.1, 0.15) is 5.54 Å². The third kappa shape index (κ3) is 4.64. The normalized spacial score (nSPS) is 12.1. The number of hydrogen-bond donors (Lipinski definition) is 2. The number of carbonyl (C=O) groups excluding carboxylic acids is 2. The second-order valence-corrected chi connectivity index (χ2v) is 5.45. The number of amides is 2. The molecule has 0 aromatic heterocycles. The van der Waals surface area contributed by atoms with Gasteiger partial charge in [-0.1, -0.05) is 27.2 Å². The highest BCUT2D eigenvalue weighted by atomic mass is 16.2. The number of carbonyl (C=O) groups is 2. The van der Waals surface area contributed by atoms with E-state index in [4.69, 9.17) is 0 Å². The lowest BCUT2D eigenvalue weighted by molar-refractivity contribution is -0.133. The number of nitrogens with one attached hydrogen (secondary N) is 2. The number of hydrogen-bond acceptors (Lipinski definition) is 2. The van der Waals surface area contributed by atoms with Crippen molar-refractivity contribution in [3.05, 3.63) is 0 Å². The SMILES string of the molecule is CCC(C)(C)CC(=O)NC(C)(C)C(=O)NC. The van der Waals surface area contributed by atoms with Crippen LogP contribution in [-0.4, -0.2) is 24.4 Å². The van der Waals surface area contributed by atoms with Gasteiger partial charge in [0.15, 0.2) is 0 Å². The Balaban J connectivity index is 4.41. The average Bonchev–Trinajstić information content (AvgIpc) is 2.14. The Hall–Kier alpha value is -1.06. The summed E-state index contributed by atoms with van der Waals surface area (Å²) in [5.74, 6) is -0.268. The van der Waals surface area contributed by atoms with E-state index in [0.717, 1.165) is 6.42 Å². The lowest BCUT2D eigenvalue weighted by Gasteiger charge is -2.27. The molecule has 0 spiro atoms. The fraction of sp³-hybridized carbons (Fsp3) is 0.833. The lowest BCUT2D eigenvalue weighted by Crippen LogP contribution is -2.54. The Labute approximate surface area is 98.2 Å². The van der Waals surface area contributed by atoms with Crippen LogP contribution in [0.25, 0.3) is 0 Å². The topological polar surface area (TPSA) is 58.2 Å². The lowest BCUT2D eigenvalue weighted by atomic mass is 9.86. The van der Waals surface area contributed by atoms with Crippen LogP contribution in [0.3, 0.4) is 0 Å². The van der Waals surface area contributed by atoms with E-state index in [0.29, 0.717) is 6.42 Å². The second-order valence-electron chi connectivity index (χ2n) is 5.45. The van der Waals surface area contributed by atoms with Crippen LogP contribution >= 0.6 is 0 Å². The van der Waals surface area contributed by atoms with Crippen molar-refractivity contribution in [2.75, 3.05) is 7.05 Å². The molecule has 4 nitrogen and oxygen atoms in total. The quantitative estimate of drug-likeness (QED) is 0.748. The Kier molecular flexibility index (Phi) is 4.97. The molecule has 0 bridgehead atoms. The molecule has 0 fully saturated rings.